The SMILES string of the molecule is C=C(F)c1nc2c3cnn(CCN4CCN(c5ccc(F)cc5F)CC4)c3nc(N)n2n1. The molecule has 1 aliphatic rings. The molecule has 1 saturated heterocycles. The highest BCUT2D eigenvalue weighted by molar-refractivity contribution is 5.90. The number of hydrogen-bond donors (Lipinski definition) is 1. The van der Waals surface area contributed by atoms with Crippen LogP contribution in [-0.2, 0) is 6.54 Å². The number of benzene rings is 1. The van der Waals surface area contributed by atoms with E-state index in [2.05, 4.69) is 31.6 Å². The number of hydrogen-bond acceptors (Lipinski definition) is 7. The van der Waals surface area contributed by atoms with E-state index in [0.717, 1.165) is 19.2 Å². The number of halogens is 3. The Balaban J connectivity index is 1.28. The molecule has 166 valence electrons. The number of rotatable bonds is 5. The van der Waals surface area contributed by atoms with Gasteiger partial charge in [-0.05, 0) is 12.1 Å². The van der Waals surface area contributed by atoms with Gasteiger partial charge in [-0.3, -0.25) is 4.90 Å². The highest BCUT2D eigenvalue weighted by atomic mass is 19.1. The van der Waals surface area contributed by atoms with Crippen LogP contribution in [-0.4, -0.2) is 67.0 Å². The second-order valence-electron chi connectivity index (χ2n) is 7.58. The Hall–Kier alpha value is -3.67. The van der Waals surface area contributed by atoms with Gasteiger partial charge in [-0.1, -0.05) is 6.58 Å². The molecule has 0 bridgehead atoms. The third kappa shape index (κ3) is 3.51. The Morgan fingerprint density at radius 1 is 1.06 bits per heavy atom. The van der Waals surface area contributed by atoms with E-state index in [9.17, 15) is 13.2 Å². The molecule has 32 heavy (non-hydrogen) atoms. The van der Waals surface area contributed by atoms with Crippen molar-refractivity contribution in [3.8, 4) is 0 Å². The predicted molar refractivity (Wildman–Crippen MR) is 114 cm³/mol. The monoisotopic (exact) mass is 443 g/mol. The summed E-state index contributed by atoms with van der Waals surface area (Å²) in [6, 6.07) is 3.65. The quantitative estimate of drug-likeness (QED) is 0.505. The summed E-state index contributed by atoms with van der Waals surface area (Å²) in [6.45, 7) is 7.17. The lowest BCUT2D eigenvalue weighted by molar-refractivity contribution is 0.245. The first-order valence-electron chi connectivity index (χ1n) is 10.1. The molecule has 4 aromatic rings. The lowest BCUT2D eigenvalue weighted by atomic mass is 10.2. The number of aromatic nitrogens is 6. The smallest absolute Gasteiger partial charge is 0.225 e. The van der Waals surface area contributed by atoms with Crippen LogP contribution in [0.25, 0.3) is 22.5 Å². The van der Waals surface area contributed by atoms with Crippen molar-refractivity contribution in [1.29, 1.82) is 0 Å². The summed E-state index contributed by atoms with van der Waals surface area (Å²) in [7, 11) is 0. The summed E-state index contributed by atoms with van der Waals surface area (Å²) in [5.41, 5.74) is 7.29. The van der Waals surface area contributed by atoms with Crippen molar-refractivity contribution >= 4 is 34.1 Å². The fourth-order valence-corrected chi connectivity index (χ4v) is 3.92. The van der Waals surface area contributed by atoms with E-state index in [4.69, 9.17) is 5.73 Å². The Bertz CT molecular complexity index is 1320. The molecule has 12 heteroatoms. The van der Waals surface area contributed by atoms with Gasteiger partial charge in [-0.2, -0.15) is 14.6 Å². The summed E-state index contributed by atoms with van der Waals surface area (Å²) >= 11 is 0. The van der Waals surface area contributed by atoms with Gasteiger partial charge in [-0.15, -0.1) is 5.10 Å². The van der Waals surface area contributed by atoms with Gasteiger partial charge >= 0.3 is 0 Å². The van der Waals surface area contributed by atoms with Gasteiger partial charge in [0.15, 0.2) is 17.1 Å². The molecule has 0 unspecified atom stereocenters. The standard InChI is InChI=1S/C20H20F3N9/c1-12(21)17-26-19-14-11-25-31(18(14)27-20(24)32(19)28-17)9-6-29-4-7-30(8-5-29)16-3-2-13(22)10-15(16)23/h2-3,10-11H,1,4-9H2,(H2,24,27). The van der Waals surface area contributed by atoms with Crippen molar-refractivity contribution in [2.45, 2.75) is 6.54 Å². The van der Waals surface area contributed by atoms with Crippen LogP contribution in [0.1, 0.15) is 5.82 Å². The van der Waals surface area contributed by atoms with Gasteiger partial charge in [0.2, 0.25) is 11.8 Å². The molecule has 5 rings (SSSR count). The molecular formula is C20H20F3N9. The van der Waals surface area contributed by atoms with E-state index in [1.807, 2.05) is 4.90 Å². The molecule has 0 aliphatic carbocycles. The van der Waals surface area contributed by atoms with Crippen LogP contribution in [0.15, 0.2) is 31.0 Å². The molecule has 0 amide bonds. The number of fused-ring (bicyclic) bond motifs is 3. The van der Waals surface area contributed by atoms with Gasteiger partial charge < -0.3 is 10.6 Å². The third-order valence-electron chi connectivity index (χ3n) is 5.59. The van der Waals surface area contributed by atoms with E-state index in [1.54, 1.807) is 10.9 Å². The first-order chi connectivity index (χ1) is 15.4. The van der Waals surface area contributed by atoms with Crippen LogP contribution in [0, 0.1) is 11.6 Å². The molecule has 0 atom stereocenters. The molecule has 4 heterocycles. The summed E-state index contributed by atoms with van der Waals surface area (Å²) in [5, 5.41) is 8.97. The maximum atomic E-state index is 14.0. The predicted octanol–water partition coefficient (Wildman–Crippen LogP) is 2.10. The second-order valence-corrected chi connectivity index (χ2v) is 7.58. The van der Waals surface area contributed by atoms with Gasteiger partial charge in [0.25, 0.3) is 0 Å². The summed E-state index contributed by atoms with van der Waals surface area (Å²) in [5.74, 6) is -1.96. The molecule has 3 aromatic heterocycles. The van der Waals surface area contributed by atoms with Crippen LogP contribution in [0.2, 0.25) is 0 Å². The largest absolute Gasteiger partial charge is 0.368 e. The topological polar surface area (TPSA) is 93.4 Å². The summed E-state index contributed by atoms with van der Waals surface area (Å²) in [4.78, 5) is 12.6. The van der Waals surface area contributed by atoms with Gasteiger partial charge in [0.1, 0.15) is 11.6 Å². The zero-order valence-corrected chi connectivity index (χ0v) is 17.0. The van der Waals surface area contributed by atoms with Crippen molar-refractivity contribution in [3.05, 3.63) is 48.4 Å². The minimum absolute atomic E-state index is 0.0733. The maximum absolute atomic E-state index is 14.0. The highest BCUT2D eigenvalue weighted by Gasteiger charge is 2.21. The third-order valence-corrected chi connectivity index (χ3v) is 5.59. The fourth-order valence-electron chi connectivity index (χ4n) is 3.92. The number of nitrogens with zero attached hydrogens (tertiary/aromatic N) is 8. The zero-order valence-electron chi connectivity index (χ0n) is 17.0. The molecule has 0 saturated carbocycles. The van der Waals surface area contributed by atoms with Crippen LogP contribution >= 0.6 is 0 Å². The first kappa shape index (κ1) is 20.2. The Morgan fingerprint density at radius 3 is 2.56 bits per heavy atom. The molecular weight excluding hydrogens is 423 g/mol. The average molecular weight is 443 g/mol. The number of nitrogen functional groups attached to an aromatic ring is 1. The molecule has 9 nitrogen and oxygen atoms in total. The van der Waals surface area contributed by atoms with E-state index in [0.29, 0.717) is 48.5 Å². The van der Waals surface area contributed by atoms with Crippen molar-refractivity contribution in [3.63, 3.8) is 0 Å². The van der Waals surface area contributed by atoms with Crippen LogP contribution in [0.4, 0.5) is 24.8 Å². The lowest BCUT2D eigenvalue weighted by Crippen LogP contribution is -2.47. The molecule has 2 N–H and O–H groups in total. The Kier molecular flexibility index (Phi) is 4.93. The van der Waals surface area contributed by atoms with Crippen molar-refractivity contribution < 1.29 is 13.2 Å². The fraction of sp³-hybridized carbons (Fsp3) is 0.300. The van der Waals surface area contributed by atoms with Crippen molar-refractivity contribution in [2.75, 3.05) is 43.4 Å². The summed E-state index contributed by atoms with van der Waals surface area (Å²) in [6.07, 6.45) is 1.60. The maximum Gasteiger partial charge on any atom is 0.225 e. The normalized spacial score (nSPS) is 15.2. The van der Waals surface area contributed by atoms with Gasteiger partial charge in [-0.25, -0.2) is 22.8 Å². The van der Waals surface area contributed by atoms with E-state index in [1.165, 1.54) is 16.6 Å². The van der Waals surface area contributed by atoms with Gasteiger partial charge in [0, 0.05) is 38.8 Å². The molecule has 1 aliphatic heterocycles. The number of anilines is 2. The minimum Gasteiger partial charge on any atom is -0.368 e. The van der Waals surface area contributed by atoms with Crippen molar-refractivity contribution in [1.82, 2.24) is 34.3 Å². The van der Waals surface area contributed by atoms with Crippen LogP contribution in [0.3, 0.4) is 0 Å². The average Bonchev–Trinajstić information content (AvgIpc) is 3.38. The Morgan fingerprint density at radius 2 is 1.84 bits per heavy atom. The molecule has 1 aromatic carbocycles. The van der Waals surface area contributed by atoms with Crippen LogP contribution in [0.5, 0.6) is 0 Å². The van der Waals surface area contributed by atoms with E-state index in [-0.39, 0.29) is 11.8 Å². The highest BCUT2D eigenvalue weighted by Crippen LogP contribution is 2.23. The first-order valence-corrected chi connectivity index (χ1v) is 10.1. The Labute approximate surface area is 180 Å². The molecule has 0 radical (unpaired) electrons. The lowest BCUT2D eigenvalue weighted by Gasteiger charge is -2.36. The number of piperazine rings is 1. The minimum atomic E-state index is -0.756. The molecule has 1 fully saturated rings. The summed E-state index contributed by atoms with van der Waals surface area (Å²) < 4.78 is 43.6. The molecule has 0 spiro atoms. The second kappa shape index (κ2) is 7.79. The van der Waals surface area contributed by atoms with E-state index >= 15 is 0 Å². The zero-order chi connectivity index (χ0) is 22.4. The van der Waals surface area contributed by atoms with Crippen LogP contribution < -0.4 is 10.6 Å². The number of nitrogens with two attached hydrogens (primary N) is 1. The van der Waals surface area contributed by atoms with Gasteiger partial charge in [0.05, 0.1) is 23.8 Å². The van der Waals surface area contributed by atoms with Crippen molar-refractivity contribution in [2.24, 2.45) is 0 Å². The van der Waals surface area contributed by atoms with E-state index < -0.39 is 17.5 Å².